The molecule has 1 heterocycles. The molecule has 0 atom stereocenters. The second-order valence-corrected chi connectivity index (χ2v) is 6.61. The lowest BCUT2D eigenvalue weighted by atomic mass is 10.3. The Morgan fingerprint density at radius 1 is 1.40 bits per heavy atom. The minimum absolute atomic E-state index is 0.0790. The maximum Gasteiger partial charge on any atom is 0.261 e. The number of nitrogen functional groups attached to an aromatic ring is 1. The first-order valence-corrected chi connectivity index (χ1v) is 7.69. The molecule has 0 radical (unpaired) electrons. The summed E-state index contributed by atoms with van der Waals surface area (Å²) < 4.78 is 6.49. The Bertz CT molecular complexity index is 576. The number of benzene rings is 1. The van der Waals surface area contributed by atoms with Gasteiger partial charge >= 0.3 is 0 Å². The van der Waals surface area contributed by atoms with E-state index in [2.05, 4.69) is 21.2 Å². The summed E-state index contributed by atoms with van der Waals surface area (Å²) in [5.74, 6) is 0.660. The molecule has 0 aliphatic rings. The molecule has 0 aliphatic carbocycles. The third-order valence-electron chi connectivity index (χ3n) is 2.62. The zero-order chi connectivity index (χ0) is 14.5. The number of ether oxygens (including phenoxy) is 1. The highest BCUT2D eigenvalue weighted by molar-refractivity contribution is 9.11. The quantitative estimate of drug-likeness (QED) is 0.639. The molecule has 106 valence electrons. The Hall–Kier alpha value is -1.53. The molecule has 0 spiro atoms. The SMILES string of the molecule is Cc1cc(C(=O)NCCOc2ccc(N)cc2)sc1Br. The Kier molecular flexibility index (Phi) is 5.03. The van der Waals surface area contributed by atoms with Crippen molar-refractivity contribution in [2.45, 2.75) is 6.92 Å². The third-order valence-corrected chi connectivity index (χ3v) is 4.75. The number of halogens is 1. The molecule has 0 aliphatic heterocycles. The second-order valence-electron chi connectivity index (χ2n) is 4.24. The molecule has 1 aromatic heterocycles. The van der Waals surface area contributed by atoms with E-state index in [1.165, 1.54) is 11.3 Å². The number of aryl methyl sites for hydroxylation is 1. The molecule has 1 amide bonds. The van der Waals surface area contributed by atoms with Crippen molar-refractivity contribution >= 4 is 38.9 Å². The summed E-state index contributed by atoms with van der Waals surface area (Å²) in [6.07, 6.45) is 0. The number of anilines is 1. The molecule has 2 rings (SSSR count). The van der Waals surface area contributed by atoms with Gasteiger partial charge < -0.3 is 15.8 Å². The van der Waals surface area contributed by atoms with E-state index in [0.717, 1.165) is 15.1 Å². The first-order valence-electron chi connectivity index (χ1n) is 6.09. The minimum Gasteiger partial charge on any atom is -0.492 e. The normalized spacial score (nSPS) is 10.3. The summed E-state index contributed by atoms with van der Waals surface area (Å²) in [6.45, 7) is 2.83. The lowest BCUT2D eigenvalue weighted by molar-refractivity contribution is 0.0951. The highest BCUT2D eigenvalue weighted by Crippen LogP contribution is 2.27. The molecule has 3 N–H and O–H groups in total. The molecule has 0 fully saturated rings. The van der Waals surface area contributed by atoms with Gasteiger partial charge in [-0.3, -0.25) is 4.79 Å². The van der Waals surface area contributed by atoms with Crippen LogP contribution in [0.2, 0.25) is 0 Å². The highest BCUT2D eigenvalue weighted by atomic mass is 79.9. The summed E-state index contributed by atoms with van der Waals surface area (Å²) in [5.41, 5.74) is 7.35. The summed E-state index contributed by atoms with van der Waals surface area (Å²) in [4.78, 5) is 12.6. The minimum atomic E-state index is -0.0790. The van der Waals surface area contributed by atoms with E-state index in [1.807, 2.05) is 13.0 Å². The number of amides is 1. The second kappa shape index (κ2) is 6.76. The fourth-order valence-corrected chi connectivity index (χ4v) is 3.01. The summed E-state index contributed by atoms with van der Waals surface area (Å²) >= 11 is 4.83. The molecule has 0 saturated carbocycles. The fraction of sp³-hybridized carbons (Fsp3) is 0.214. The number of thiophene rings is 1. The summed E-state index contributed by atoms with van der Waals surface area (Å²) in [6, 6.07) is 9.03. The zero-order valence-corrected chi connectivity index (χ0v) is 13.4. The molecule has 1 aromatic carbocycles. The zero-order valence-electron chi connectivity index (χ0n) is 11.0. The number of nitrogens with one attached hydrogen (secondary N) is 1. The predicted molar refractivity (Wildman–Crippen MR) is 85.4 cm³/mol. The van der Waals surface area contributed by atoms with Crippen molar-refractivity contribution in [2.75, 3.05) is 18.9 Å². The van der Waals surface area contributed by atoms with Gasteiger partial charge in [0.1, 0.15) is 12.4 Å². The lowest BCUT2D eigenvalue weighted by Crippen LogP contribution is -2.27. The van der Waals surface area contributed by atoms with Crippen LogP contribution in [0.5, 0.6) is 5.75 Å². The monoisotopic (exact) mass is 354 g/mol. The molecule has 4 nitrogen and oxygen atoms in total. The molecule has 0 bridgehead atoms. The van der Waals surface area contributed by atoms with Crippen molar-refractivity contribution in [3.05, 3.63) is 44.6 Å². The van der Waals surface area contributed by atoms with Crippen LogP contribution >= 0.6 is 27.3 Å². The molecular formula is C14H15BrN2O2S. The number of carbonyl (C=O) groups excluding carboxylic acids is 1. The van der Waals surface area contributed by atoms with Gasteiger partial charge in [0, 0.05) is 5.69 Å². The molecule has 2 aromatic rings. The van der Waals surface area contributed by atoms with Crippen LogP contribution in [-0.4, -0.2) is 19.1 Å². The lowest BCUT2D eigenvalue weighted by Gasteiger charge is -2.07. The maximum absolute atomic E-state index is 11.9. The van der Waals surface area contributed by atoms with Crippen molar-refractivity contribution in [3.63, 3.8) is 0 Å². The molecule has 6 heteroatoms. The van der Waals surface area contributed by atoms with E-state index < -0.39 is 0 Å². The maximum atomic E-state index is 11.9. The highest BCUT2D eigenvalue weighted by Gasteiger charge is 2.10. The Balaban J connectivity index is 1.75. The van der Waals surface area contributed by atoms with Gasteiger partial charge in [-0.25, -0.2) is 0 Å². The summed E-state index contributed by atoms with van der Waals surface area (Å²) in [7, 11) is 0. The standard InChI is InChI=1S/C14H15BrN2O2S/c1-9-8-12(20-13(9)15)14(18)17-6-7-19-11-4-2-10(16)3-5-11/h2-5,8H,6-7,16H2,1H3,(H,17,18). The van der Waals surface area contributed by atoms with E-state index in [-0.39, 0.29) is 5.91 Å². The number of carbonyl (C=O) groups is 1. The van der Waals surface area contributed by atoms with E-state index in [1.54, 1.807) is 24.3 Å². The van der Waals surface area contributed by atoms with Gasteiger partial charge in [0.05, 0.1) is 15.2 Å². The van der Waals surface area contributed by atoms with Crippen molar-refractivity contribution in [1.82, 2.24) is 5.32 Å². The Morgan fingerprint density at radius 2 is 2.10 bits per heavy atom. The van der Waals surface area contributed by atoms with Crippen LogP contribution in [-0.2, 0) is 0 Å². The van der Waals surface area contributed by atoms with Gasteiger partial charge in [-0.1, -0.05) is 0 Å². The van der Waals surface area contributed by atoms with Crippen LogP contribution in [0.3, 0.4) is 0 Å². The van der Waals surface area contributed by atoms with E-state index in [0.29, 0.717) is 23.7 Å². The van der Waals surface area contributed by atoms with Gasteiger partial charge in [-0.05, 0) is 58.7 Å². The molecular weight excluding hydrogens is 340 g/mol. The summed E-state index contributed by atoms with van der Waals surface area (Å²) in [5, 5.41) is 2.82. The molecule has 20 heavy (non-hydrogen) atoms. The van der Waals surface area contributed by atoms with Crippen molar-refractivity contribution in [1.29, 1.82) is 0 Å². The van der Waals surface area contributed by atoms with Crippen molar-refractivity contribution < 1.29 is 9.53 Å². The van der Waals surface area contributed by atoms with Gasteiger partial charge in [0.15, 0.2) is 0 Å². The predicted octanol–water partition coefficient (Wildman–Crippen LogP) is 3.21. The van der Waals surface area contributed by atoms with Gasteiger partial charge in [-0.2, -0.15) is 0 Å². The van der Waals surface area contributed by atoms with Crippen LogP contribution in [0, 0.1) is 6.92 Å². The van der Waals surface area contributed by atoms with Crippen LogP contribution in [0.15, 0.2) is 34.1 Å². The number of rotatable bonds is 5. The first kappa shape index (κ1) is 14.9. The van der Waals surface area contributed by atoms with Crippen LogP contribution in [0.1, 0.15) is 15.2 Å². The van der Waals surface area contributed by atoms with E-state index >= 15 is 0 Å². The van der Waals surface area contributed by atoms with Crippen LogP contribution in [0.4, 0.5) is 5.69 Å². The van der Waals surface area contributed by atoms with E-state index in [9.17, 15) is 4.79 Å². The van der Waals surface area contributed by atoms with Crippen LogP contribution < -0.4 is 15.8 Å². The van der Waals surface area contributed by atoms with Gasteiger partial charge in [-0.15, -0.1) is 11.3 Å². The fourth-order valence-electron chi connectivity index (χ4n) is 1.56. The Morgan fingerprint density at radius 3 is 2.70 bits per heavy atom. The number of nitrogens with two attached hydrogens (primary N) is 1. The van der Waals surface area contributed by atoms with Crippen molar-refractivity contribution in [3.8, 4) is 5.75 Å². The molecule has 0 unspecified atom stereocenters. The number of hydrogen-bond donors (Lipinski definition) is 2. The van der Waals surface area contributed by atoms with Gasteiger partial charge in [0.25, 0.3) is 5.91 Å². The van der Waals surface area contributed by atoms with Crippen molar-refractivity contribution in [2.24, 2.45) is 0 Å². The number of hydrogen-bond acceptors (Lipinski definition) is 4. The third kappa shape index (κ3) is 3.98. The first-order chi connectivity index (χ1) is 9.56. The van der Waals surface area contributed by atoms with Gasteiger partial charge in [0.2, 0.25) is 0 Å². The molecule has 0 saturated heterocycles. The topological polar surface area (TPSA) is 64.3 Å². The largest absolute Gasteiger partial charge is 0.492 e. The van der Waals surface area contributed by atoms with Crippen LogP contribution in [0.25, 0.3) is 0 Å². The van der Waals surface area contributed by atoms with E-state index in [4.69, 9.17) is 10.5 Å². The average Bonchev–Trinajstić information content (AvgIpc) is 2.77. The Labute approximate surface area is 130 Å². The average molecular weight is 355 g/mol. The smallest absolute Gasteiger partial charge is 0.261 e.